The lowest BCUT2D eigenvalue weighted by Gasteiger charge is -2.10. The average Bonchev–Trinajstić information content (AvgIpc) is 2.41. The van der Waals surface area contributed by atoms with Gasteiger partial charge in [-0.1, -0.05) is 27.5 Å². The van der Waals surface area contributed by atoms with Crippen molar-refractivity contribution < 1.29 is 14.3 Å². The van der Waals surface area contributed by atoms with E-state index in [1.54, 1.807) is 18.2 Å². The number of nitrogens with one attached hydrogen (secondary N) is 1. The molecule has 0 aliphatic carbocycles. The summed E-state index contributed by atoms with van der Waals surface area (Å²) < 4.78 is 14.5. The first-order valence-corrected chi connectivity index (χ1v) is 6.85. The zero-order chi connectivity index (χ0) is 14.7. The Bertz CT molecular complexity index is 664. The van der Waals surface area contributed by atoms with Gasteiger partial charge in [-0.05, 0) is 42.0 Å². The number of rotatable bonds is 4. The van der Waals surface area contributed by atoms with Crippen LogP contribution in [0.25, 0.3) is 0 Å². The number of carbonyl (C=O) groups is 1. The molecule has 0 aliphatic heterocycles. The Morgan fingerprint density at radius 3 is 2.75 bits per heavy atom. The van der Waals surface area contributed by atoms with Gasteiger partial charge >= 0.3 is 5.97 Å². The molecule has 2 aromatic rings. The molecule has 2 N–H and O–H groups in total. The van der Waals surface area contributed by atoms with Gasteiger partial charge in [0.05, 0.1) is 11.3 Å². The monoisotopic (exact) mass is 357 g/mol. The number of hydrogen-bond donors (Lipinski definition) is 2. The molecule has 0 unspecified atom stereocenters. The fraction of sp³-hybridized carbons (Fsp3) is 0.0714. The van der Waals surface area contributed by atoms with Crippen molar-refractivity contribution in [3.63, 3.8) is 0 Å². The summed E-state index contributed by atoms with van der Waals surface area (Å²) in [6.45, 7) is 0.321. The smallest absolute Gasteiger partial charge is 0.335 e. The fourth-order valence-corrected chi connectivity index (χ4v) is 2.24. The molecule has 3 nitrogen and oxygen atoms in total. The summed E-state index contributed by atoms with van der Waals surface area (Å²) in [5, 5.41) is 12.3. The van der Waals surface area contributed by atoms with Crippen molar-refractivity contribution >= 4 is 39.2 Å². The molecule has 0 saturated heterocycles. The number of carboxylic acids is 1. The number of benzene rings is 2. The Morgan fingerprint density at radius 2 is 2.05 bits per heavy atom. The van der Waals surface area contributed by atoms with E-state index in [2.05, 4.69) is 21.2 Å². The molecule has 20 heavy (non-hydrogen) atoms. The van der Waals surface area contributed by atoms with Crippen LogP contribution in [0.2, 0.25) is 5.02 Å². The Hall–Kier alpha value is -1.59. The maximum Gasteiger partial charge on any atom is 0.335 e. The highest BCUT2D eigenvalue weighted by Crippen LogP contribution is 2.23. The van der Waals surface area contributed by atoms with Crippen molar-refractivity contribution in [2.45, 2.75) is 6.54 Å². The maximum absolute atomic E-state index is 13.6. The minimum atomic E-state index is -1.10. The van der Waals surface area contributed by atoms with Gasteiger partial charge in [-0.25, -0.2) is 9.18 Å². The van der Waals surface area contributed by atoms with Gasteiger partial charge in [0.15, 0.2) is 0 Å². The van der Waals surface area contributed by atoms with Gasteiger partial charge < -0.3 is 10.4 Å². The van der Waals surface area contributed by atoms with Crippen molar-refractivity contribution in [3.8, 4) is 0 Å². The van der Waals surface area contributed by atoms with Crippen molar-refractivity contribution in [1.29, 1.82) is 0 Å². The maximum atomic E-state index is 13.6. The molecule has 6 heteroatoms. The Labute approximate surface area is 128 Å². The van der Waals surface area contributed by atoms with Crippen LogP contribution in [0.4, 0.5) is 10.1 Å². The number of aromatic carboxylic acids is 1. The van der Waals surface area contributed by atoms with Gasteiger partial charge in [-0.3, -0.25) is 0 Å². The molecule has 0 saturated carbocycles. The molecule has 0 heterocycles. The Morgan fingerprint density at radius 1 is 1.30 bits per heavy atom. The van der Waals surface area contributed by atoms with E-state index in [-0.39, 0.29) is 11.3 Å². The summed E-state index contributed by atoms with van der Waals surface area (Å²) in [4.78, 5) is 10.9. The number of anilines is 1. The highest BCUT2D eigenvalue weighted by molar-refractivity contribution is 9.10. The van der Waals surface area contributed by atoms with E-state index in [4.69, 9.17) is 16.7 Å². The fourth-order valence-electron chi connectivity index (χ4n) is 1.66. The van der Waals surface area contributed by atoms with E-state index >= 15 is 0 Å². The van der Waals surface area contributed by atoms with Crippen LogP contribution in [0.1, 0.15) is 15.9 Å². The first-order valence-electron chi connectivity index (χ1n) is 5.68. The highest BCUT2D eigenvalue weighted by atomic mass is 79.9. The number of halogens is 3. The van der Waals surface area contributed by atoms with Crippen molar-refractivity contribution in [2.75, 3.05) is 5.32 Å². The van der Waals surface area contributed by atoms with Crippen LogP contribution in [0.5, 0.6) is 0 Å². The summed E-state index contributed by atoms with van der Waals surface area (Å²) in [5.41, 5.74) is 1.01. The van der Waals surface area contributed by atoms with Gasteiger partial charge in [0, 0.05) is 16.0 Å². The number of hydrogen-bond acceptors (Lipinski definition) is 2. The second-order valence-electron chi connectivity index (χ2n) is 4.09. The molecular formula is C14H10BrClFNO2. The predicted molar refractivity (Wildman–Crippen MR) is 79.8 cm³/mol. The topological polar surface area (TPSA) is 49.3 Å². The zero-order valence-electron chi connectivity index (χ0n) is 10.2. The number of carboxylic acid groups (broad SMARTS) is 1. The van der Waals surface area contributed by atoms with Gasteiger partial charge in [-0.2, -0.15) is 0 Å². The molecule has 2 aromatic carbocycles. The van der Waals surface area contributed by atoms with Crippen LogP contribution in [0, 0.1) is 5.82 Å². The zero-order valence-corrected chi connectivity index (χ0v) is 12.5. The summed E-state index contributed by atoms with van der Waals surface area (Å²) in [6, 6.07) is 8.88. The summed E-state index contributed by atoms with van der Waals surface area (Å²) in [5.74, 6) is -1.61. The Balaban J connectivity index is 2.20. The van der Waals surface area contributed by atoms with Crippen molar-refractivity contribution in [3.05, 3.63) is 62.8 Å². The molecule has 0 radical (unpaired) electrons. The van der Waals surface area contributed by atoms with Gasteiger partial charge in [0.1, 0.15) is 5.82 Å². The van der Waals surface area contributed by atoms with Gasteiger partial charge in [0.25, 0.3) is 0 Å². The second-order valence-corrected chi connectivity index (χ2v) is 5.38. The Kier molecular flexibility index (Phi) is 4.62. The average molecular weight is 359 g/mol. The molecule has 0 aromatic heterocycles. The van der Waals surface area contributed by atoms with E-state index < -0.39 is 11.8 Å². The van der Waals surface area contributed by atoms with Crippen LogP contribution in [0.3, 0.4) is 0 Å². The molecule has 0 spiro atoms. The first-order chi connectivity index (χ1) is 9.47. The normalized spacial score (nSPS) is 10.3. The van der Waals surface area contributed by atoms with Crippen molar-refractivity contribution in [1.82, 2.24) is 0 Å². The third kappa shape index (κ3) is 3.49. The lowest BCUT2D eigenvalue weighted by molar-refractivity contribution is 0.0697. The van der Waals surface area contributed by atoms with E-state index in [0.29, 0.717) is 11.6 Å². The van der Waals surface area contributed by atoms with E-state index in [0.717, 1.165) is 16.1 Å². The SMILES string of the molecule is O=C(O)c1ccc(F)c(NCc2cc(Cl)ccc2Br)c1. The molecule has 104 valence electrons. The molecule has 0 atom stereocenters. The van der Waals surface area contributed by atoms with E-state index in [1.807, 2.05) is 0 Å². The first kappa shape index (κ1) is 14.8. The summed E-state index contributed by atoms with van der Waals surface area (Å²) in [6.07, 6.45) is 0. The molecule has 0 fully saturated rings. The van der Waals surface area contributed by atoms with Crippen LogP contribution in [0.15, 0.2) is 40.9 Å². The van der Waals surface area contributed by atoms with Crippen molar-refractivity contribution in [2.24, 2.45) is 0 Å². The summed E-state index contributed by atoms with van der Waals surface area (Å²) >= 11 is 9.27. The standard InChI is InChI=1S/C14H10BrClFNO2/c15-11-3-2-10(16)5-9(11)7-18-13-6-8(14(19)20)1-4-12(13)17/h1-6,18H,7H2,(H,19,20). The largest absolute Gasteiger partial charge is 0.478 e. The molecule has 0 aliphatic rings. The lowest BCUT2D eigenvalue weighted by atomic mass is 10.1. The van der Waals surface area contributed by atoms with Gasteiger partial charge in [-0.15, -0.1) is 0 Å². The van der Waals surface area contributed by atoms with Gasteiger partial charge in [0.2, 0.25) is 0 Å². The minimum absolute atomic E-state index is 0.0269. The van der Waals surface area contributed by atoms with Crippen LogP contribution < -0.4 is 5.32 Å². The van der Waals surface area contributed by atoms with Crippen LogP contribution >= 0.6 is 27.5 Å². The molecule has 0 amide bonds. The quantitative estimate of drug-likeness (QED) is 0.843. The van der Waals surface area contributed by atoms with Crippen LogP contribution in [-0.4, -0.2) is 11.1 Å². The predicted octanol–water partition coefficient (Wildman–Crippen LogP) is 4.55. The minimum Gasteiger partial charge on any atom is -0.478 e. The van der Waals surface area contributed by atoms with Crippen LogP contribution in [-0.2, 0) is 6.54 Å². The third-order valence-corrected chi connectivity index (χ3v) is 3.70. The molecule has 2 rings (SSSR count). The summed E-state index contributed by atoms with van der Waals surface area (Å²) in [7, 11) is 0. The van der Waals surface area contributed by atoms with E-state index in [1.165, 1.54) is 12.1 Å². The molecule has 0 bridgehead atoms. The third-order valence-electron chi connectivity index (χ3n) is 2.69. The lowest BCUT2D eigenvalue weighted by Crippen LogP contribution is -2.04. The molecular weight excluding hydrogens is 349 g/mol. The second kappa shape index (κ2) is 6.24. The van der Waals surface area contributed by atoms with E-state index in [9.17, 15) is 9.18 Å². The highest BCUT2D eigenvalue weighted by Gasteiger charge is 2.09.